The third-order valence-electron chi connectivity index (χ3n) is 5.02. The van der Waals surface area contributed by atoms with Gasteiger partial charge in [0, 0.05) is 29.3 Å². The maximum absolute atomic E-state index is 5.86. The van der Waals surface area contributed by atoms with Crippen LogP contribution in [0.2, 0.25) is 0 Å². The molecule has 0 bridgehead atoms. The van der Waals surface area contributed by atoms with Crippen LogP contribution in [0.15, 0.2) is 74.1 Å². The van der Waals surface area contributed by atoms with E-state index in [1.54, 1.807) is 0 Å². The van der Waals surface area contributed by atoms with Gasteiger partial charge in [-0.15, -0.1) is 0 Å². The molecule has 0 atom stereocenters. The quantitative estimate of drug-likeness (QED) is 0.521. The number of aromatic nitrogens is 1. The molecule has 2 nitrogen and oxygen atoms in total. The van der Waals surface area contributed by atoms with Gasteiger partial charge in [0.1, 0.15) is 0 Å². The molecular weight excluding hydrogens is 340 g/mol. The monoisotopic (exact) mass is 368 g/mol. The topological polar surface area (TPSA) is 38.9 Å². The van der Waals surface area contributed by atoms with Crippen molar-refractivity contribution in [3.8, 4) is 0 Å². The van der Waals surface area contributed by atoms with Crippen LogP contribution in [0.1, 0.15) is 47.7 Å². The molecule has 2 aromatic carbocycles. The summed E-state index contributed by atoms with van der Waals surface area (Å²) in [4.78, 5) is 4.74. The Hall–Kier alpha value is -3.13. The standard InChI is InChI=1S/C26H28N2/c1-6-7-18(3)21-9-11-22(12-10-21)20(5)26-24-13-8-17(2)14-25(24)23(16-28-26)15-19(4)27/h8-14,16H,3-7,15,27H2,1-2H3. The summed E-state index contributed by atoms with van der Waals surface area (Å²) in [6.07, 6.45) is 4.63. The molecule has 0 unspecified atom stereocenters. The summed E-state index contributed by atoms with van der Waals surface area (Å²) in [6, 6.07) is 14.9. The van der Waals surface area contributed by atoms with Crippen molar-refractivity contribution in [2.24, 2.45) is 5.73 Å². The predicted octanol–water partition coefficient (Wildman–Crippen LogP) is 6.43. The molecule has 28 heavy (non-hydrogen) atoms. The summed E-state index contributed by atoms with van der Waals surface area (Å²) >= 11 is 0. The summed E-state index contributed by atoms with van der Waals surface area (Å²) in [7, 11) is 0. The molecule has 0 saturated heterocycles. The van der Waals surface area contributed by atoms with Crippen molar-refractivity contribution in [1.29, 1.82) is 0 Å². The SMILES string of the molecule is C=C(N)Cc1cnc(C(=C)c2ccc(C(=C)CCC)cc2)c2ccc(C)cc12. The molecule has 142 valence electrons. The number of hydrogen-bond acceptors (Lipinski definition) is 2. The minimum atomic E-state index is 0.619. The molecule has 0 spiro atoms. The first-order valence-electron chi connectivity index (χ1n) is 9.70. The highest BCUT2D eigenvalue weighted by atomic mass is 14.7. The van der Waals surface area contributed by atoms with Gasteiger partial charge in [-0.1, -0.05) is 81.1 Å². The maximum atomic E-state index is 5.86. The normalized spacial score (nSPS) is 10.8. The second-order valence-electron chi connectivity index (χ2n) is 7.43. The average Bonchev–Trinajstić information content (AvgIpc) is 2.68. The van der Waals surface area contributed by atoms with E-state index in [4.69, 9.17) is 10.7 Å². The van der Waals surface area contributed by atoms with Gasteiger partial charge >= 0.3 is 0 Å². The molecule has 0 radical (unpaired) electrons. The average molecular weight is 369 g/mol. The largest absolute Gasteiger partial charge is 0.402 e. The molecule has 0 fully saturated rings. The van der Waals surface area contributed by atoms with Gasteiger partial charge in [-0.25, -0.2) is 0 Å². The predicted molar refractivity (Wildman–Crippen MR) is 122 cm³/mol. The molecule has 0 aliphatic heterocycles. The lowest BCUT2D eigenvalue weighted by atomic mass is 9.94. The summed E-state index contributed by atoms with van der Waals surface area (Å²) < 4.78 is 0. The van der Waals surface area contributed by atoms with E-state index in [0.717, 1.165) is 46.0 Å². The number of aryl methyl sites for hydroxylation is 1. The van der Waals surface area contributed by atoms with Crippen molar-refractivity contribution in [1.82, 2.24) is 4.98 Å². The lowest BCUT2D eigenvalue weighted by Crippen LogP contribution is -2.02. The highest BCUT2D eigenvalue weighted by molar-refractivity contribution is 5.97. The number of nitrogens with zero attached hydrogens (tertiary/aromatic N) is 1. The van der Waals surface area contributed by atoms with E-state index in [0.29, 0.717) is 12.1 Å². The Labute approximate surface area is 168 Å². The third-order valence-corrected chi connectivity index (χ3v) is 5.02. The minimum Gasteiger partial charge on any atom is -0.402 e. The van der Waals surface area contributed by atoms with Crippen molar-refractivity contribution in [2.75, 3.05) is 0 Å². The zero-order valence-electron chi connectivity index (χ0n) is 16.9. The van der Waals surface area contributed by atoms with Gasteiger partial charge < -0.3 is 5.73 Å². The Morgan fingerprint density at radius 1 is 0.964 bits per heavy atom. The van der Waals surface area contributed by atoms with Crippen LogP contribution in [-0.4, -0.2) is 4.98 Å². The Kier molecular flexibility index (Phi) is 5.79. The van der Waals surface area contributed by atoms with E-state index >= 15 is 0 Å². The van der Waals surface area contributed by atoms with E-state index < -0.39 is 0 Å². The van der Waals surface area contributed by atoms with Crippen LogP contribution in [0.5, 0.6) is 0 Å². The molecule has 0 aliphatic carbocycles. The van der Waals surface area contributed by atoms with Crippen molar-refractivity contribution in [3.05, 3.63) is 102 Å². The van der Waals surface area contributed by atoms with Gasteiger partial charge in [0.15, 0.2) is 0 Å². The van der Waals surface area contributed by atoms with Gasteiger partial charge in [0.2, 0.25) is 0 Å². The van der Waals surface area contributed by atoms with E-state index in [2.05, 4.69) is 76.0 Å². The fourth-order valence-corrected chi connectivity index (χ4v) is 3.53. The number of benzene rings is 2. The van der Waals surface area contributed by atoms with Crippen LogP contribution < -0.4 is 5.73 Å². The Balaban J connectivity index is 2.02. The lowest BCUT2D eigenvalue weighted by molar-refractivity contribution is 0.975. The summed E-state index contributed by atoms with van der Waals surface area (Å²) in [6.45, 7) is 16.6. The Morgan fingerprint density at radius 3 is 2.29 bits per heavy atom. The Morgan fingerprint density at radius 2 is 1.64 bits per heavy atom. The number of allylic oxidation sites excluding steroid dienone is 2. The first-order valence-corrected chi connectivity index (χ1v) is 9.70. The van der Waals surface area contributed by atoms with E-state index in [-0.39, 0.29) is 0 Å². The maximum Gasteiger partial charge on any atom is 0.0780 e. The van der Waals surface area contributed by atoms with Gasteiger partial charge in [-0.3, -0.25) is 4.98 Å². The van der Waals surface area contributed by atoms with Crippen molar-refractivity contribution >= 4 is 21.9 Å². The summed E-state index contributed by atoms with van der Waals surface area (Å²) in [5.74, 6) is 0. The van der Waals surface area contributed by atoms with Gasteiger partial charge in [-0.05, 0) is 41.0 Å². The van der Waals surface area contributed by atoms with Crippen molar-refractivity contribution < 1.29 is 0 Å². The number of hydrogen-bond donors (Lipinski definition) is 1. The highest BCUT2D eigenvalue weighted by Gasteiger charge is 2.12. The molecule has 2 heteroatoms. The molecule has 1 aromatic heterocycles. The minimum absolute atomic E-state index is 0.619. The number of fused-ring (bicyclic) bond motifs is 1. The number of rotatable bonds is 7. The van der Waals surface area contributed by atoms with Crippen LogP contribution in [0.4, 0.5) is 0 Å². The molecule has 3 rings (SSSR count). The number of pyridine rings is 1. The fourth-order valence-electron chi connectivity index (χ4n) is 3.53. The third kappa shape index (κ3) is 4.07. The summed E-state index contributed by atoms with van der Waals surface area (Å²) in [5, 5.41) is 2.25. The van der Waals surface area contributed by atoms with E-state index in [1.165, 1.54) is 16.7 Å². The van der Waals surface area contributed by atoms with Crippen LogP contribution in [0.25, 0.3) is 21.9 Å². The van der Waals surface area contributed by atoms with Crippen molar-refractivity contribution in [2.45, 2.75) is 33.1 Å². The van der Waals surface area contributed by atoms with E-state index in [1.807, 2.05) is 6.20 Å². The first kappa shape index (κ1) is 19.6. The fraction of sp³-hybridized carbons (Fsp3) is 0.192. The van der Waals surface area contributed by atoms with Crippen LogP contribution in [-0.2, 0) is 6.42 Å². The van der Waals surface area contributed by atoms with Crippen LogP contribution >= 0.6 is 0 Å². The second kappa shape index (κ2) is 8.26. The first-order chi connectivity index (χ1) is 13.4. The molecular formula is C26H28N2. The van der Waals surface area contributed by atoms with Gasteiger partial charge in [0.25, 0.3) is 0 Å². The Bertz CT molecular complexity index is 1060. The molecule has 0 saturated carbocycles. The van der Waals surface area contributed by atoms with Crippen molar-refractivity contribution in [3.63, 3.8) is 0 Å². The smallest absolute Gasteiger partial charge is 0.0780 e. The van der Waals surface area contributed by atoms with Gasteiger partial charge in [-0.2, -0.15) is 0 Å². The number of nitrogens with two attached hydrogens (primary N) is 1. The molecule has 1 heterocycles. The van der Waals surface area contributed by atoms with E-state index in [9.17, 15) is 0 Å². The summed E-state index contributed by atoms with van der Waals surface area (Å²) in [5.41, 5.74) is 14.0. The zero-order chi connectivity index (χ0) is 20.3. The molecule has 0 aliphatic rings. The van der Waals surface area contributed by atoms with Crippen LogP contribution in [0.3, 0.4) is 0 Å². The highest BCUT2D eigenvalue weighted by Crippen LogP contribution is 2.31. The molecule has 3 aromatic rings. The molecule has 2 N–H and O–H groups in total. The second-order valence-corrected chi connectivity index (χ2v) is 7.43. The lowest BCUT2D eigenvalue weighted by Gasteiger charge is -2.14. The molecule has 0 amide bonds. The van der Waals surface area contributed by atoms with Gasteiger partial charge in [0.05, 0.1) is 5.69 Å². The van der Waals surface area contributed by atoms with Crippen LogP contribution in [0, 0.1) is 6.92 Å². The zero-order valence-corrected chi connectivity index (χ0v) is 16.9.